The van der Waals surface area contributed by atoms with Crippen LogP contribution < -0.4 is 5.32 Å². The van der Waals surface area contributed by atoms with E-state index in [0.29, 0.717) is 12.1 Å². The number of hydrogen-bond donors (Lipinski definition) is 1. The van der Waals surface area contributed by atoms with E-state index < -0.39 is 0 Å². The van der Waals surface area contributed by atoms with Crippen LogP contribution in [0.4, 0.5) is 0 Å². The molecular formula is C14H20ClNS. The van der Waals surface area contributed by atoms with Crippen molar-refractivity contribution in [3.05, 3.63) is 34.9 Å². The van der Waals surface area contributed by atoms with Crippen molar-refractivity contribution in [3.8, 4) is 0 Å². The Morgan fingerprint density at radius 2 is 2.00 bits per heavy atom. The molecule has 17 heavy (non-hydrogen) atoms. The van der Waals surface area contributed by atoms with Crippen LogP contribution in [0, 0.1) is 0 Å². The fourth-order valence-electron chi connectivity index (χ4n) is 2.57. The van der Waals surface area contributed by atoms with E-state index in [0.717, 1.165) is 10.3 Å². The summed E-state index contributed by atoms with van der Waals surface area (Å²) in [6.07, 6.45) is 6.24. The monoisotopic (exact) mass is 269 g/mol. The summed E-state index contributed by atoms with van der Waals surface area (Å²) in [5, 5.41) is 5.34. The molecule has 0 aromatic heterocycles. The van der Waals surface area contributed by atoms with Crippen molar-refractivity contribution in [2.75, 3.05) is 6.26 Å². The predicted molar refractivity (Wildman–Crippen MR) is 77.9 cm³/mol. The third kappa shape index (κ3) is 3.40. The van der Waals surface area contributed by atoms with Crippen LogP contribution in [0.3, 0.4) is 0 Å². The molecule has 0 radical (unpaired) electrons. The van der Waals surface area contributed by atoms with E-state index in [1.807, 2.05) is 23.9 Å². The zero-order valence-electron chi connectivity index (χ0n) is 10.4. The predicted octanol–water partition coefficient (Wildman–Crippen LogP) is 4.27. The molecule has 1 aromatic rings. The molecule has 0 aliphatic heterocycles. The maximum atomic E-state index is 5.91. The summed E-state index contributed by atoms with van der Waals surface area (Å²) in [4.78, 5) is 0. The van der Waals surface area contributed by atoms with Crippen molar-refractivity contribution in [3.63, 3.8) is 0 Å². The van der Waals surface area contributed by atoms with Crippen molar-refractivity contribution >= 4 is 23.4 Å². The minimum atomic E-state index is 0.407. The normalized spacial score (nSPS) is 26.1. The van der Waals surface area contributed by atoms with Crippen molar-refractivity contribution in [1.29, 1.82) is 0 Å². The Morgan fingerprint density at radius 1 is 1.29 bits per heavy atom. The lowest BCUT2D eigenvalue weighted by atomic mass is 10.1. The average molecular weight is 270 g/mol. The smallest absolute Gasteiger partial charge is 0.0406 e. The minimum Gasteiger partial charge on any atom is -0.306 e. The summed E-state index contributed by atoms with van der Waals surface area (Å²) in [5.41, 5.74) is 1.32. The van der Waals surface area contributed by atoms with Gasteiger partial charge in [-0.2, -0.15) is 11.8 Å². The highest BCUT2D eigenvalue weighted by atomic mass is 35.5. The molecule has 1 saturated carbocycles. The molecule has 1 nitrogen and oxygen atoms in total. The maximum Gasteiger partial charge on any atom is 0.0406 e. The lowest BCUT2D eigenvalue weighted by Gasteiger charge is -2.24. The van der Waals surface area contributed by atoms with Crippen molar-refractivity contribution in [2.45, 2.75) is 43.5 Å². The zero-order valence-corrected chi connectivity index (χ0v) is 12.0. The molecule has 3 unspecified atom stereocenters. The number of halogens is 1. The molecule has 1 aliphatic rings. The van der Waals surface area contributed by atoms with Gasteiger partial charge in [0.1, 0.15) is 0 Å². The Labute approximate surface area is 113 Å². The number of rotatable bonds is 4. The van der Waals surface area contributed by atoms with E-state index in [1.165, 1.54) is 24.8 Å². The standard InChI is InChI=1S/C14H20ClNS/c1-10(11-6-8-12(15)9-7-11)16-13-4-3-5-14(13)17-2/h6-10,13-14,16H,3-5H2,1-2H3. The van der Waals surface area contributed by atoms with Crippen LogP contribution in [0.25, 0.3) is 0 Å². The molecule has 3 atom stereocenters. The number of nitrogens with one attached hydrogen (secondary N) is 1. The van der Waals surface area contributed by atoms with Crippen LogP contribution in [0.1, 0.15) is 37.8 Å². The molecule has 0 bridgehead atoms. The largest absolute Gasteiger partial charge is 0.306 e. The second-order valence-electron chi connectivity index (χ2n) is 4.75. The van der Waals surface area contributed by atoms with E-state index in [2.05, 4.69) is 30.6 Å². The van der Waals surface area contributed by atoms with Crippen LogP contribution in [0.15, 0.2) is 24.3 Å². The van der Waals surface area contributed by atoms with Gasteiger partial charge in [0.05, 0.1) is 0 Å². The molecule has 0 heterocycles. The molecule has 3 heteroatoms. The Hall–Kier alpha value is -0.180. The van der Waals surface area contributed by atoms with Crippen LogP contribution in [0.2, 0.25) is 5.02 Å². The molecular weight excluding hydrogens is 250 g/mol. The highest BCUT2D eigenvalue weighted by molar-refractivity contribution is 7.99. The van der Waals surface area contributed by atoms with Gasteiger partial charge in [0.15, 0.2) is 0 Å². The first-order chi connectivity index (χ1) is 8.20. The van der Waals surface area contributed by atoms with E-state index in [-0.39, 0.29) is 0 Å². The van der Waals surface area contributed by atoms with Gasteiger partial charge in [-0.05, 0) is 43.7 Å². The van der Waals surface area contributed by atoms with Crippen molar-refractivity contribution in [2.24, 2.45) is 0 Å². The summed E-state index contributed by atoms with van der Waals surface area (Å²) in [6, 6.07) is 9.23. The fourth-order valence-corrected chi connectivity index (χ4v) is 3.64. The van der Waals surface area contributed by atoms with Crippen molar-refractivity contribution < 1.29 is 0 Å². The van der Waals surface area contributed by atoms with E-state index in [1.54, 1.807) is 0 Å². The van der Waals surface area contributed by atoms with Gasteiger partial charge in [0.25, 0.3) is 0 Å². The average Bonchev–Trinajstić information content (AvgIpc) is 2.77. The first-order valence-electron chi connectivity index (χ1n) is 6.25. The SMILES string of the molecule is CSC1CCCC1NC(C)c1ccc(Cl)cc1. The molecule has 1 aromatic carbocycles. The van der Waals surface area contributed by atoms with Gasteiger partial charge in [0.2, 0.25) is 0 Å². The first kappa shape index (κ1) is 13.3. The Kier molecular flexibility index (Phi) is 4.78. The first-order valence-corrected chi connectivity index (χ1v) is 7.91. The number of benzene rings is 1. The Bertz CT molecular complexity index is 352. The molecule has 0 saturated heterocycles. The summed E-state index contributed by atoms with van der Waals surface area (Å²) in [5.74, 6) is 0. The lowest BCUT2D eigenvalue weighted by Crippen LogP contribution is -2.35. The number of hydrogen-bond acceptors (Lipinski definition) is 2. The summed E-state index contributed by atoms with van der Waals surface area (Å²) < 4.78 is 0. The van der Waals surface area contributed by atoms with Crippen LogP contribution >= 0.6 is 23.4 Å². The van der Waals surface area contributed by atoms with E-state index >= 15 is 0 Å². The third-order valence-corrected chi connectivity index (χ3v) is 5.01. The van der Waals surface area contributed by atoms with Gasteiger partial charge < -0.3 is 5.32 Å². The van der Waals surface area contributed by atoms with Gasteiger partial charge in [0, 0.05) is 22.4 Å². The zero-order chi connectivity index (χ0) is 12.3. The molecule has 94 valence electrons. The van der Waals surface area contributed by atoms with Gasteiger partial charge in [-0.25, -0.2) is 0 Å². The Balaban J connectivity index is 1.96. The fraction of sp³-hybridized carbons (Fsp3) is 0.571. The molecule has 0 amide bonds. The second-order valence-corrected chi connectivity index (χ2v) is 6.26. The van der Waals surface area contributed by atoms with Crippen molar-refractivity contribution in [1.82, 2.24) is 5.32 Å². The topological polar surface area (TPSA) is 12.0 Å². The van der Waals surface area contributed by atoms with Crippen LogP contribution in [-0.4, -0.2) is 17.5 Å². The van der Waals surface area contributed by atoms with Gasteiger partial charge in [-0.1, -0.05) is 30.2 Å². The van der Waals surface area contributed by atoms with Gasteiger partial charge in [-0.3, -0.25) is 0 Å². The molecule has 0 spiro atoms. The van der Waals surface area contributed by atoms with Crippen LogP contribution in [0.5, 0.6) is 0 Å². The molecule has 2 rings (SSSR count). The second kappa shape index (κ2) is 6.12. The molecule has 1 aliphatic carbocycles. The summed E-state index contributed by atoms with van der Waals surface area (Å²) >= 11 is 7.91. The van der Waals surface area contributed by atoms with Gasteiger partial charge in [-0.15, -0.1) is 0 Å². The molecule has 1 N–H and O–H groups in total. The highest BCUT2D eigenvalue weighted by Gasteiger charge is 2.27. The lowest BCUT2D eigenvalue weighted by molar-refractivity contribution is 0.467. The van der Waals surface area contributed by atoms with Crippen LogP contribution in [-0.2, 0) is 0 Å². The maximum absolute atomic E-state index is 5.91. The Morgan fingerprint density at radius 3 is 2.65 bits per heavy atom. The molecule has 1 fully saturated rings. The quantitative estimate of drug-likeness (QED) is 0.876. The van der Waals surface area contributed by atoms with E-state index in [9.17, 15) is 0 Å². The van der Waals surface area contributed by atoms with E-state index in [4.69, 9.17) is 11.6 Å². The highest BCUT2D eigenvalue weighted by Crippen LogP contribution is 2.30. The van der Waals surface area contributed by atoms with Gasteiger partial charge >= 0.3 is 0 Å². The minimum absolute atomic E-state index is 0.407. The third-order valence-electron chi connectivity index (χ3n) is 3.59. The summed E-state index contributed by atoms with van der Waals surface area (Å²) in [7, 11) is 0. The number of thioether (sulfide) groups is 1. The summed E-state index contributed by atoms with van der Waals surface area (Å²) in [6.45, 7) is 2.24.